The van der Waals surface area contributed by atoms with Crippen LogP contribution in [0.2, 0.25) is 0 Å². The molecule has 3 aromatic rings. The van der Waals surface area contributed by atoms with E-state index in [4.69, 9.17) is 0 Å². The number of aryl methyl sites for hydroxylation is 1. The predicted molar refractivity (Wildman–Crippen MR) is 73.9 cm³/mol. The van der Waals surface area contributed by atoms with Gasteiger partial charge in [-0.3, -0.25) is 9.78 Å². The van der Waals surface area contributed by atoms with Crippen LogP contribution in [0.4, 0.5) is 0 Å². The molecule has 0 atom stereocenters. The summed E-state index contributed by atoms with van der Waals surface area (Å²) >= 11 is 1.51. The first-order valence-corrected chi connectivity index (χ1v) is 6.39. The Morgan fingerprint density at radius 2 is 2.00 bits per heavy atom. The maximum Gasteiger partial charge on any atom is 0.279 e. The van der Waals surface area contributed by atoms with Crippen molar-refractivity contribution in [3.05, 3.63) is 58.5 Å². The normalized spacial score (nSPS) is 10.7. The molecule has 18 heavy (non-hydrogen) atoms. The first kappa shape index (κ1) is 11.0. The zero-order chi connectivity index (χ0) is 12.5. The van der Waals surface area contributed by atoms with Gasteiger partial charge in [0.1, 0.15) is 5.01 Å². The van der Waals surface area contributed by atoms with Gasteiger partial charge in [-0.15, -0.1) is 11.3 Å². The molecule has 1 aromatic carbocycles. The Hall–Kier alpha value is -2.07. The van der Waals surface area contributed by atoms with E-state index in [0.29, 0.717) is 10.4 Å². The van der Waals surface area contributed by atoms with Crippen molar-refractivity contribution in [2.24, 2.45) is 0 Å². The third-order valence-electron chi connectivity index (χ3n) is 2.73. The molecular formula is C14H10N2OS. The summed E-state index contributed by atoms with van der Waals surface area (Å²) in [5.74, 6) is 0. The highest BCUT2D eigenvalue weighted by Crippen LogP contribution is 2.26. The highest BCUT2D eigenvalue weighted by molar-refractivity contribution is 7.21. The highest BCUT2D eigenvalue weighted by Gasteiger charge is 2.08. The van der Waals surface area contributed by atoms with E-state index in [2.05, 4.69) is 9.97 Å². The van der Waals surface area contributed by atoms with Crippen LogP contribution in [0.1, 0.15) is 5.56 Å². The van der Waals surface area contributed by atoms with Gasteiger partial charge in [0.2, 0.25) is 0 Å². The average Bonchev–Trinajstić information content (AvgIpc) is 2.41. The summed E-state index contributed by atoms with van der Waals surface area (Å²) in [6, 6.07) is 11.3. The largest absolute Gasteiger partial charge is 0.279 e. The second-order valence-electron chi connectivity index (χ2n) is 3.99. The van der Waals surface area contributed by atoms with Gasteiger partial charge in [-0.05, 0) is 30.7 Å². The van der Waals surface area contributed by atoms with Gasteiger partial charge in [0, 0.05) is 10.9 Å². The number of aromatic nitrogens is 2. The molecule has 0 saturated heterocycles. The van der Waals surface area contributed by atoms with E-state index >= 15 is 0 Å². The van der Waals surface area contributed by atoms with E-state index in [1.165, 1.54) is 11.3 Å². The van der Waals surface area contributed by atoms with Crippen LogP contribution in [0.5, 0.6) is 0 Å². The van der Waals surface area contributed by atoms with Gasteiger partial charge in [0.15, 0.2) is 0 Å². The van der Waals surface area contributed by atoms with Crippen LogP contribution in [0.3, 0.4) is 0 Å². The molecule has 0 aliphatic carbocycles. The number of fused-ring (bicyclic) bond motifs is 1. The number of nitrogens with zero attached hydrogens (tertiary/aromatic N) is 2. The Kier molecular flexibility index (Phi) is 2.64. The fraction of sp³-hybridized carbons (Fsp3) is 0.0714. The van der Waals surface area contributed by atoms with E-state index in [0.717, 1.165) is 16.0 Å². The second-order valence-corrected chi connectivity index (χ2v) is 4.99. The van der Waals surface area contributed by atoms with Crippen LogP contribution in [0, 0.1) is 6.92 Å². The van der Waals surface area contributed by atoms with Crippen molar-refractivity contribution >= 4 is 21.4 Å². The maximum atomic E-state index is 12.0. The summed E-state index contributed by atoms with van der Waals surface area (Å²) in [5, 5.41) is 1.35. The lowest BCUT2D eigenvalue weighted by Gasteiger charge is -2.02. The fourth-order valence-electron chi connectivity index (χ4n) is 1.83. The van der Waals surface area contributed by atoms with Crippen LogP contribution in [0.15, 0.2) is 47.4 Å². The van der Waals surface area contributed by atoms with Crippen LogP contribution >= 0.6 is 11.3 Å². The predicted octanol–water partition coefficient (Wildman–Crippen LogP) is 3.03. The van der Waals surface area contributed by atoms with Gasteiger partial charge in [0.25, 0.3) is 5.56 Å². The first-order chi connectivity index (χ1) is 8.75. The van der Waals surface area contributed by atoms with Crippen molar-refractivity contribution in [3.63, 3.8) is 0 Å². The molecule has 0 aliphatic heterocycles. The zero-order valence-electron chi connectivity index (χ0n) is 9.75. The lowest BCUT2D eigenvalue weighted by atomic mass is 10.2. The molecule has 0 fully saturated rings. The van der Waals surface area contributed by atoms with Crippen molar-refractivity contribution < 1.29 is 0 Å². The molecule has 0 bridgehead atoms. The van der Waals surface area contributed by atoms with Crippen molar-refractivity contribution in [2.45, 2.75) is 6.92 Å². The average molecular weight is 254 g/mol. The topological polar surface area (TPSA) is 42.9 Å². The molecule has 0 N–H and O–H groups in total. The summed E-state index contributed by atoms with van der Waals surface area (Å²) < 4.78 is 0.984. The Labute approximate surface area is 108 Å². The second kappa shape index (κ2) is 4.31. The number of hydrogen-bond acceptors (Lipinski definition) is 4. The molecule has 3 rings (SSSR count). The standard InChI is InChI=1S/C14H10N2OS/c1-9-5-4-6-10-12(9)18-14(16-13(10)17)11-7-2-3-8-15-11/h2-8H,1H3. The number of benzene rings is 1. The molecule has 2 aromatic heterocycles. The monoisotopic (exact) mass is 254 g/mol. The van der Waals surface area contributed by atoms with E-state index in [1.54, 1.807) is 6.20 Å². The van der Waals surface area contributed by atoms with Gasteiger partial charge >= 0.3 is 0 Å². The summed E-state index contributed by atoms with van der Waals surface area (Å²) in [7, 11) is 0. The molecule has 0 saturated carbocycles. The van der Waals surface area contributed by atoms with Crippen molar-refractivity contribution in [1.29, 1.82) is 0 Å². The minimum Gasteiger partial charge on any atom is -0.267 e. The Bertz CT molecular complexity index is 766. The Morgan fingerprint density at radius 1 is 1.11 bits per heavy atom. The van der Waals surface area contributed by atoms with Crippen molar-refractivity contribution in [3.8, 4) is 10.7 Å². The minimum atomic E-state index is -0.187. The van der Waals surface area contributed by atoms with Crippen molar-refractivity contribution in [2.75, 3.05) is 0 Å². The molecule has 88 valence electrons. The lowest BCUT2D eigenvalue weighted by molar-refractivity contribution is 1.25. The molecule has 0 amide bonds. The minimum absolute atomic E-state index is 0.187. The Balaban J connectivity index is 2.34. The number of rotatable bonds is 1. The van der Waals surface area contributed by atoms with E-state index in [1.807, 2.05) is 43.3 Å². The van der Waals surface area contributed by atoms with Crippen molar-refractivity contribution in [1.82, 2.24) is 9.97 Å². The summed E-state index contributed by atoms with van der Waals surface area (Å²) in [6.45, 7) is 2.00. The molecule has 0 radical (unpaired) electrons. The highest BCUT2D eigenvalue weighted by atomic mass is 32.1. The van der Waals surface area contributed by atoms with E-state index in [-0.39, 0.29) is 5.56 Å². The molecule has 0 unspecified atom stereocenters. The molecule has 3 nitrogen and oxygen atoms in total. The van der Waals surface area contributed by atoms with Gasteiger partial charge in [-0.2, -0.15) is 4.98 Å². The third-order valence-corrected chi connectivity index (χ3v) is 3.97. The quantitative estimate of drug-likeness (QED) is 0.670. The van der Waals surface area contributed by atoms with Crippen LogP contribution < -0.4 is 5.56 Å². The van der Waals surface area contributed by atoms with Crippen LogP contribution in [-0.2, 0) is 0 Å². The molecule has 2 heterocycles. The first-order valence-electron chi connectivity index (χ1n) is 5.57. The molecule has 4 heteroatoms. The SMILES string of the molecule is Cc1cccc2c(=O)nc(-c3ccccn3)sc12. The van der Waals surface area contributed by atoms with Gasteiger partial charge in [-0.1, -0.05) is 18.2 Å². The van der Waals surface area contributed by atoms with E-state index in [9.17, 15) is 4.79 Å². The van der Waals surface area contributed by atoms with Gasteiger partial charge in [-0.25, -0.2) is 0 Å². The molecule has 0 spiro atoms. The lowest BCUT2D eigenvalue weighted by Crippen LogP contribution is -2.06. The molecular weight excluding hydrogens is 244 g/mol. The number of hydrogen-bond donors (Lipinski definition) is 0. The van der Waals surface area contributed by atoms with Crippen LogP contribution in [-0.4, -0.2) is 9.97 Å². The number of pyridine rings is 1. The third kappa shape index (κ3) is 1.80. The fourth-order valence-corrected chi connectivity index (χ4v) is 2.87. The summed E-state index contributed by atoms with van der Waals surface area (Å²) in [4.78, 5) is 20.3. The van der Waals surface area contributed by atoms with Crippen LogP contribution in [0.25, 0.3) is 20.8 Å². The van der Waals surface area contributed by atoms with E-state index < -0.39 is 0 Å². The molecule has 0 aliphatic rings. The van der Waals surface area contributed by atoms with Gasteiger partial charge in [0.05, 0.1) is 11.1 Å². The summed E-state index contributed by atoms with van der Waals surface area (Å²) in [5.41, 5.74) is 1.65. The smallest absolute Gasteiger partial charge is 0.267 e. The van der Waals surface area contributed by atoms with Gasteiger partial charge < -0.3 is 0 Å². The maximum absolute atomic E-state index is 12.0. The summed E-state index contributed by atoms with van der Waals surface area (Å²) in [6.07, 6.45) is 1.70. The zero-order valence-corrected chi connectivity index (χ0v) is 10.6. The Morgan fingerprint density at radius 3 is 2.78 bits per heavy atom.